The van der Waals surface area contributed by atoms with Gasteiger partial charge in [0.15, 0.2) is 0 Å². The fourth-order valence-electron chi connectivity index (χ4n) is 3.50. The molecule has 4 aromatic rings. The molecule has 0 aliphatic carbocycles. The van der Waals surface area contributed by atoms with Gasteiger partial charge in [-0.1, -0.05) is 18.2 Å². The molecule has 1 heterocycles. The highest BCUT2D eigenvalue weighted by Crippen LogP contribution is 2.17. The molecule has 0 aliphatic heterocycles. The van der Waals surface area contributed by atoms with Crippen molar-refractivity contribution in [2.24, 2.45) is 5.10 Å². The summed E-state index contributed by atoms with van der Waals surface area (Å²) in [7, 11) is 0. The number of aryl methyl sites for hydroxylation is 1. The zero-order valence-corrected chi connectivity index (χ0v) is 18.7. The second kappa shape index (κ2) is 9.85. The molecule has 1 aromatic heterocycles. The average molecular weight is 486 g/mol. The van der Waals surface area contributed by atoms with Crippen molar-refractivity contribution < 1.29 is 14.6 Å². The quantitative estimate of drug-likeness (QED) is 0.230. The van der Waals surface area contributed by atoms with Crippen LogP contribution in [0.15, 0.2) is 88.8 Å². The zero-order chi connectivity index (χ0) is 25.8. The largest absolute Gasteiger partial charge is 0.295 e. The molecule has 2 N–H and O–H groups in total. The van der Waals surface area contributed by atoms with Crippen molar-refractivity contribution in [2.45, 2.75) is 6.92 Å². The second-order valence-electron chi connectivity index (χ2n) is 7.60. The van der Waals surface area contributed by atoms with E-state index in [1.807, 2.05) is 6.07 Å². The third kappa shape index (κ3) is 4.77. The lowest BCUT2D eigenvalue weighted by Crippen LogP contribution is -2.25. The van der Waals surface area contributed by atoms with E-state index in [0.29, 0.717) is 16.9 Å². The van der Waals surface area contributed by atoms with E-state index in [1.165, 1.54) is 53.2 Å². The van der Waals surface area contributed by atoms with Crippen LogP contribution >= 0.6 is 0 Å². The van der Waals surface area contributed by atoms with Gasteiger partial charge in [0.2, 0.25) is 0 Å². The third-order valence-electron chi connectivity index (χ3n) is 5.28. The lowest BCUT2D eigenvalue weighted by Gasteiger charge is -2.07. The Morgan fingerprint density at radius 2 is 1.39 bits per heavy atom. The van der Waals surface area contributed by atoms with Crippen LogP contribution < -0.4 is 11.0 Å². The summed E-state index contributed by atoms with van der Waals surface area (Å²) in [4.78, 5) is 46.8. The molecule has 0 atom stereocenters. The molecule has 0 saturated carbocycles. The van der Waals surface area contributed by atoms with E-state index in [2.05, 4.69) is 15.6 Å². The summed E-state index contributed by atoms with van der Waals surface area (Å²) in [6, 6.07) is 19.1. The molecule has 0 aliphatic rings. The van der Waals surface area contributed by atoms with E-state index < -0.39 is 21.3 Å². The van der Waals surface area contributed by atoms with Gasteiger partial charge in [0, 0.05) is 41.1 Å². The number of carbonyl (C=O) groups excluding carboxylic acids is 1. The van der Waals surface area contributed by atoms with Crippen LogP contribution in [0.1, 0.15) is 27.2 Å². The van der Waals surface area contributed by atoms with Gasteiger partial charge in [-0.3, -0.25) is 34.9 Å². The summed E-state index contributed by atoms with van der Waals surface area (Å²) < 4.78 is 1.32. The summed E-state index contributed by atoms with van der Waals surface area (Å²) >= 11 is 0. The maximum Gasteiger partial charge on any atom is 0.281 e. The molecule has 12 nitrogen and oxygen atoms in total. The molecule has 0 bridgehead atoms. The minimum Gasteiger partial charge on any atom is -0.295 e. The Morgan fingerprint density at radius 1 is 0.861 bits per heavy atom. The predicted octanol–water partition coefficient (Wildman–Crippen LogP) is 3.47. The van der Waals surface area contributed by atoms with Crippen molar-refractivity contribution in [2.75, 3.05) is 0 Å². The SMILES string of the molecule is Cc1[nH]n(-c2ccccc2)c(=O)c1/C(=N\NC(=O)c1ccc([N+](=O)[O-])cc1)c1ccc([N+](=O)[O-])cc1. The van der Waals surface area contributed by atoms with Gasteiger partial charge in [-0.25, -0.2) is 10.1 Å². The summed E-state index contributed by atoms with van der Waals surface area (Å²) in [5.41, 5.74) is 3.31. The number of H-pyrrole nitrogens is 1. The van der Waals surface area contributed by atoms with Crippen LogP contribution in [0, 0.1) is 27.2 Å². The lowest BCUT2D eigenvalue weighted by atomic mass is 10.0. The number of nitrogens with zero attached hydrogens (tertiary/aromatic N) is 4. The monoisotopic (exact) mass is 486 g/mol. The number of rotatable bonds is 7. The van der Waals surface area contributed by atoms with Gasteiger partial charge in [0.25, 0.3) is 22.8 Å². The van der Waals surface area contributed by atoms with E-state index in [4.69, 9.17) is 0 Å². The number of aromatic nitrogens is 2. The van der Waals surface area contributed by atoms with Crippen molar-refractivity contribution >= 4 is 23.0 Å². The fourth-order valence-corrected chi connectivity index (χ4v) is 3.50. The van der Waals surface area contributed by atoms with E-state index in [-0.39, 0.29) is 28.2 Å². The van der Waals surface area contributed by atoms with E-state index in [1.54, 1.807) is 31.2 Å². The number of nitro benzene ring substituents is 2. The van der Waals surface area contributed by atoms with Crippen LogP contribution in [-0.2, 0) is 0 Å². The fraction of sp³-hybridized carbons (Fsp3) is 0.0417. The zero-order valence-electron chi connectivity index (χ0n) is 18.7. The Hall–Kier alpha value is -5.39. The minimum atomic E-state index is -0.666. The number of para-hydroxylation sites is 1. The highest BCUT2D eigenvalue weighted by molar-refractivity contribution is 6.14. The average Bonchev–Trinajstić information content (AvgIpc) is 3.18. The molecule has 0 spiro atoms. The van der Waals surface area contributed by atoms with Crippen LogP contribution in [0.2, 0.25) is 0 Å². The number of hydrazone groups is 1. The van der Waals surface area contributed by atoms with Gasteiger partial charge in [-0.05, 0) is 43.3 Å². The molecule has 3 aromatic carbocycles. The number of aromatic amines is 1. The summed E-state index contributed by atoms with van der Waals surface area (Å²) in [6.07, 6.45) is 0. The van der Waals surface area contributed by atoms with Crippen LogP contribution in [0.4, 0.5) is 11.4 Å². The topological polar surface area (TPSA) is 166 Å². The molecule has 1 amide bonds. The Labute approximate surface area is 202 Å². The predicted molar refractivity (Wildman–Crippen MR) is 130 cm³/mol. The number of hydrogen-bond donors (Lipinski definition) is 2. The number of nitrogens with one attached hydrogen (secondary N) is 2. The summed E-state index contributed by atoms with van der Waals surface area (Å²) in [6.45, 7) is 1.66. The molecule has 36 heavy (non-hydrogen) atoms. The first-order valence-corrected chi connectivity index (χ1v) is 10.5. The number of carbonyl (C=O) groups is 1. The first kappa shape index (κ1) is 23.8. The van der Waals surface area contributed by atoms with Crippen LogP contribution in [0.25, 0.3) is 5.69 Å². The molecular weight excluding hydrogens is 468 g/mol. The van der Waals surface area contributed by atoms with Crippen molar-refractivity contribution in [1.82, 2.24) is 15.2 Å². The van der Waals surface area contributed by atoms with E-state index >= 15 is 0 Å². The highest BCUT2D eigenvalue weighted by atomic mass is 16.6. The van der Waals surface area contributed by atoms with Gasteiger partial charge in [0.1, 0.15) is 5.71 Å². The van der Waals surface area contributed by atoms with Crippen molar-refractivity contribution in [1.29, 1.82) is 0 Å². The Kier molecular flexibility index (Phi) is 6.50. The number of nitro groups is 2. The van der Waals surface area contributed by atoms with E-state index in [0.717, 1.165) is 0 Å². The van der Waals surface area contributed by atoms with Crippen molar-refractivity contribution in [3.8, 4) is 5.69 Å². The molecular formula is C24H18N6O6. The maximum atomic E-state index is 13.4. The number of non-ortho nitro benzene ring substituents is 2. The molecule has 0 fully saturated rings. The molecule has 12 heteroatoms. The molecule has 0 radical (unpaired) electrons. The maximum absolute atomic E-state index is 13.4. The smallest absolute Gasteiger partial charge is 0.281 e. The number of benzene rings is 3. The van der Waals surface area contributed by atoms with Gasteiger partial charge in [0.05, 0.1) is 21.1 Å². The summed E-state index contributed by atoms with van der Waals surface area (Å²) in [5.74, 6) is -0.666. The van der Waals surface area contributed by atoms with Crippen molar-refractivity contribution in [3.63, 3.8) is 0 Å². The second-order valence-corrected chi connectivity index (χ2v) is 7.60. The normalized spacial score (nSPS) is 11.2. The van der Waals surface area contributed by atoms with Crippen LogP contribution in [0.3, 0.4) is 0 Å². The highest BCUT2D eigenvalue weighted by Gasteiger charge is 2.21. The standard InChI is InChI=1S/C24H18N6O6/c1-15-21(24(32)28(27-15)18-5-3-2-4-6-18)22(16-7-11-19(12-8-16)29(33)34)25-26-23(31)17-9-13-20(14-10-17)30(35)36/h2-14,27H,1H3,(H,26,31)/b25-22-. The Bertz CT molecular complexity index is 1540. The van der Waals surface area contributed by atoms with Crippen LogP contribution in [0.5, 0.6) is 0 Å². The third-order valence-corrected chi connectivity index (χ3v) is 5.28. The number of amides is 1. The van der Waals surface area contributed by atoms with E-state index in [9.17, 15) is 29.8 Å². The first-order valence-electron chi connectivity index (χ1n) is 10.5. The first-order chi connectivity index (χ1) is 17.3. The Balaban J connectivity index is 1.77. The molecule has 4 rings (SSSR count). The van der Waals surface area contributed by atoms with Gasteiger partial charge in [-0.2, -0.15) is 5.10 Å². The lowest BCUT2D eigenvalue weighted by molar-refractivity contribution is -0.385. The minimum absolute atomic E-state index is 0.0774. The van der Waals surface area contributed by atoms with Crippen molar-refractivity contribution in [3.05, 3.63) is 132 Å². The Morgan fingerprint density at radius 3 is 1.92 bits per heavy atom. The van der Waals surface area contributed by atoms with Gasteiger partial charge in [-0.15, -0.1) is 0 Å². The molecule has 180 valence electrons. The summed E-state index contributed by atoms with van der Waals surface area (Å²) in [5, 5.41) is 29.1. The van der Waals surface area contributed by atoms with Gasteiger partial charge < -0.3 is 0 Å². The molecule has 0 unspecified atom stereocenters. The molecule has 0 saturated heterocycles. The number of hydrogen-bond acceptors (Lipinski definition) is 7. The van der Waals surface area contributed by atoms with Gasteiger partial charge >= 0.3 is 0 Å². The van der Waals surface area contributed by atoms with Crippen LogP contribution in [-0.4, -0.2) is 31.2 Å².